The normalized spacial score (nSPS) is 20.8. The highest BCUT2D eigenvalue weighted by atomic mass is 16.3. The molecule has 0 amide bonds. The summed E-state index contributed by atoms with van der Waals surface area (Å²) in [6, 6.07) is 11.5. The molecule has 1 unspecified atom stereocenters. The highest BCUT2D eigenvalue weighted by molar-refractivity contribution is 5.93. The van der Waals surface area contributed by atoms with Crippen molar-refractivity contribution in [3.63, 3.8) is 0 Å². The Morgan fingerprint density at radius 1 is 1.19 bits per heavy atom. The van der Waals surface area contributed by atoms with Gasteiger partial charge in [-0.15, -0.1) is 0 Å². The van der Waals surface area contributed by atoms with Crippen LogP contribution in [0.2, 0.25) is 0 Å². The summed E-state index contributed by atoms with van der Waals surface area (Å²) in [5.74, 6) is 0.743. The molecule has 16 heavy (non-hydrogen) atoms. The Kier molecular flexibility index (Phi) is 2.04. The van der Waals surface area contributed by atoms with E-state index in [9.17, 15) is 5.11 Å². The Morgan fingerprint density at radius 2 is 2.06 bits per heavy atom. The average molecular weight is 213 g/mol. The number of fused-ring (bicyclic) bond motifs is 1. The number of aliphatic hydroxyl groups excluding tert-OH is 1. The first-order chi connectivity index (χ1) is 7.84. The molecule has 0 saturated carbocycles. The molecule has 0 radical (unpaired) electrons. The Hall–Kier alpha value is -2.00. The van der Waals surface area contributed by atoms with Crippen LogP contribution in [0.15, 0.2) is 47.1 Å². The standard InChI is InChI=1S/C13H11NO2/c15-13-11(8-9-4-3-7-16-9)10-5-1-2-6-12(10)14-13/h1-8,13-15H/b11-8-. The fourth-order valence-electron chi connectivity index (χ4n) is 1.92. The van der Waals surface area contributed by atoms with Crippen LogP contribution in [0.5, 0.6) is 0 Å². The van der Waals surface area contributed by atoms with Crippen LogP contribution in [-0.2, 0) is 0 Å². The first-order valence-corrected chi connectivity index (χ1v) is 5.14. The van der Waals surface area contributed by atoms with Crippen LogP contribution in [0.1, 0.15) is 11.3 Å². The molecule has 0 aliphatic carbocycles. The van der Waals surface area contributed by atoms with Gasteiger partial charge in [-0.25, -0.2) is 0 Å². The largest absolute Gasteiger partial charge is 0.465 e. The van der Waals surface area contributed by atoms with E-state index in [1.165, 1.54) is 0 Å². The maximum absolute atomic E-state index is 9.89. The van der Waals surface area contributed by atoms with Gasteiger partial charge in [0.1, 0.15) is 5.76 Å². The van der Waals surface area contributed by atoms with E-state index in [0.29, 0.717) is 0 Å². The third kappa shape index (κ3) is 1.42. The van der Waals surface area contributed by atoms with E-state index in [-0.39, 0.29) is 0 Å². The fraction of sp³-hybridized carbons (Fsp3) is 0.0769. The van der Waals surface area contributed by atoms with E-state index < -0.39 is 6.23 Å². The zero-order chi connectivity index (χ0) is 11.0. The van der Waals surface area contributed by atoms with Crippen molar-refractivity contribution in [1.29, 1.82) is 0 Å². The lowest BCUT2D eigenvalue weighted by atomic mass is 10.1. The summed E-state index contributed by atoms with van der Waals surface area (Å²) >= 11 is 0. The molecule has 1 aromatic carbocycles. The molecule has 80 valence electrons. The number of rotatable bonds is 1. The summed E-state index contributed by atoms with van der Waals surface area (Å²) in [4.78, 5) is 0. The summed E-state index contributed by atoms with van der Waals surface area (Å²) in [6.07, 6.45) is 2.80. The third-order valence-electron chi connectivity index (χ3n) is 2.67. The molecule has 2 N–H and O–H groups in total. The molecule has 1 aromatic heterocycles. The monoisotopic (exact) mass is 213 g/mol. The van der Waals surface area contributed by atoms with E-state index in [4.69, 9.17) is 4.42 Å². The third-order valence-corrected chi connectivity index (χ3v) is 2.67. The highest BCUT2D eigenvalue weighted by Gasteiger charge is 2.23. The molecule has 1 aliphatic rings. The second-order valence-corrected chi connectivity index (χ2v) is 3.71. The van der Waals surface area contributed by atoms with Gasteiger partial charge in [0, 0.05) is 16.8 Å². The van der Waals surface area contributed by atoms with Crippen molar-refractivity contribution in [2.24, 2.45) is 0 Å². The molecule has 2 aromatic rings. The topological polar surface area (TPSA) is 45.4 Å². The van der Waals surface area contributed by atoms with Crippen molar-refractivity contribution < 1.29 is 9.52 Å². The van der Waals surface area contributed by atoms with Gasteiger partial charge in [-0.05, 0) is 24.3 Å². The van der Waals surface area contributed by atoms with Gasteiger partial charge >= 0.3 is 0 Å². The molecule has 0 bridgehead atoms. The quantitative estimate of drug-likeness (QED) is 0.765. The summed E-state index contributed by atoms with van der Waals surface area (Å²) in [6.45, 7) is 0. The first kappa shape index (κ1) is 9.24. The molecule has 0 fully saturated rings. The number of benzene rings is 1. The van der Waals surface area contributed by atoms with Crippen molar-refractivity contribution in [1.82, 2.24) is 0 Å². The van der Waals surface area contributed by atoms with Crippen molar-refractivity contribution in [3.05, 3.63) is 54.0 Å². The highest BCUT2D eigenvalue weighted by Crippen LogP contribution is 2.34. The summed E-state index contributed by atoms with van der Waals surface area (Å²) < 4.78 is 5.24. The van der Waals surface area contributed by atoms with Crippen molar-refractivity contribution in [2.75, 3.05) is 5.32 Å². The number of hydrogen-bond donors (Lipinski definition) is 2. The lowest BCUT2D eigenvalue weighted by molar-refractivity contribution is 0.266. The predicted octanol–water partition coefficient (Wildman–Crippen LogP) is 2.56. The average Bonchev–Trinajstić information content (AvgIpc) is 2.89. The number of hydrogen-bond acceptors (Lipinski definition) is 3. The van der Waals surface area contributed by atoms with E-state index in [0.717, 1.165) is 22.6 Å². The van der Waals surface area contributed by atoms with Crippen LogP contribution < -0.4 is 5.32 Å². The van der Waals surface area contributed by atoms with Gasteiger partial charge in [-0.1, -0.05) is 18.2 Å². The molecular formula is C13H11NO2. The second kappa shape index (κ2) is 3.54. The molecule has 3 rings (SSSR count). The molecule has 2 heterocycles. The lowest BCUT2D eigenvalue weighted by Gasteiger charge is -2.03. The number of anilines is 1. The molecule has 1 aliphatic heterocycles. The zero-order valence-corrected chi connectivity index (χ0v) is 8.55. The smallest absolute Gasteiger partial charge is 0.151 e. The van der Waals surface area contributed by atoms with Crippen molar-refractivity contribution in [3.8, 4) is 0 Å². The Morgan fingerprint density at radius 3 is 2.88 bits per heavy atom. The lowest BCUT2D eigenvalue weighted by Crippen LogP contribution is -2.12. The van der Waals surface area contributed by atoms with Gasteiger partial charge in [-0.3, -0.25) is 0 Å². The van der Waals surface area contributed by atoms with Gasteiger partial charge in [0.15, 0.2) is 6.23 Å². The van der Waals surface area contributed by atoms with Gasteiger partial charge in [0.05, 0.1) is 6.26 Å². The molecule has 0 saturated heterocycles. The summed E-state index contributed by atoms with van der Waals surface area (Å²) in [5.41, 5.74) is 2.81. The first-order valence-electron chi connectivity index (χ1n) is 5.14. The van der Waals surface area contributed by atoms with Gasteiger partial charge < -0.3 is 14.8 Å². The van der Waals surface area contributed by atoms with E-state index in [1.54, 1.807) is 6.26 Å². The van der Waals surface area contributed by atoms with Gasteiger partial charge in [0.2, 0.25) is 0 Å². The molecule has 1 atom stereocenters. The van der Waals surface area contributed by atoms with Crippen LogP contribution >= 0.6 is 0 Å². The van der Waals surface area contributed by atoms with Crippen LogP contribution in [0.3, 0.4) is 0 Å². The molecular weight excluding hydrogens is 202 g/mol. The number of furan rings is 1. The fourth-order valence-corrected chi connectivity index (χ4v) is 1.92. The minimum Gasteiger partial charge on any atom is -0.465 e. The minimum atomic E-state index is -0.664. The summed E-state index contributed by atoms with van der Waals surface area (Å²) in [7, 11) is 0. The second-order valence-electron chi connectivity index (χ2n) is 3.71. The zero-order valence-electron chi connectivity index (χ0n) is 8.55. The van der Waals surface area contributed by atoms with E-state index in [1.807, 2.05) is 42.5 Å². The minimum absolute atomic E-state index is 0.664. The maximum Gasteiger partial charge on any atom is 0.151 e. The van der Waals surface area contributed by atoms with Crippen LogP contribution in [0.4, 0.5) is 5.69 Å². The van der Waals surface area contributed by atoms with Crippen molar-refractivity contribution in [2.45, 2.75) is 6.23 Å². The van der Waals surface area contributed by atoms with Crippen molar-refractivity contribution >= 4 is 17.3 Å². The van der Waals surface area contributed by atoms with Gasteiger partial charge in [0.25, 0.3) is 0 Å². The maximum atomic E-state index is 9.89. The predicted molar refractivity (Wildman–Crippen MR) is 62.7 cm³/mol. The number of nitrogens with one attached hydrogen (secondary N) is 1. The van der Waals surface area contributed by atoms with Crippen LogP contribution in [0.25, 0.3) is 11.6 Å². The number of aliphatic hydroxyl groups is 1. The molecule has 3 heteroatoms. The Bertz CT molecular complexity index is 529. The Labute approximate surface area is 93.0 Å². The Balaban J connectivity index is 2.08. The van der Waals surface area contributed by atoms with Gasteiger partial charge in [-0.2, -0.15) is 0 Å². The van der Waals surface area contributed by atoms with E-state index in [2.05, 4.69) is 5.32 Å². The molecule has 3 nitrogen and oxygen atoms in total. The molecule has 0 spiro atoms. The van der Waals surface area contributed by atoms with Crippen LogP contribution in [-0.4, -0.2) is 11.3 Å². The SMILES string of the molecule is OC1Nc2ccccc2/C1=C/c1ccco1. The van der Waals surface area contributed by atoms with Crippen LogP contribution in [0, 0.1) is 0 Å². The van der Waals surface area contributed by atoms with E-state index >= 15 is 0 Å². The summed E-state index contributed by atoms with van der Waals surface area (Å²) in [5, 5.41) is 12.9. The number of para-hydroxylation sites is 1.